The second-order valence-corrected chi connectivity index (χ2v) is 9.15. The summed E-state index contributed by atoms with van der Waals surface area (Å²) in [4.78, 5) is 57.6. The summed E-state index contributed by atoms with van der Waals surface area (Å²) in [5.41, 5.74) is 8.00. The molecule has 3 aromatic rings. The predicted octanol–water partition coefficient (Wildman–Crippen LogP) is -0.998. The van der Waals surface area contributed by atoms with Gasteiger partial charge < -0.3 is 42.0 Å². The third kappa shape index (κ3) is 8.92. The predicted molar refractivity (Wildman–Crippen MR) is 143 cm³/mol. The van der Waals surface area contributed by atoms with Crippen LogP contribution in [-0.2, 0) is 38.4 Å². The maximum atomic E-state index is 13.4. The molecule has 13 nitrogen and oxygen atoms in total. The van der Waals surface area contributed by atoms with Crippen molar-refractivity contribution in [3.05, 3.63) is 83.9 Å². The largest absolute Gasteiger partial charge is 0.508 e. The molecular formula is C27H32N6O7. The van der Waals surface area contributed by atoms with Gasteiger partial charge in [0.25, 0.3) is 0 Å². The normalized spacial score (nSPS) is 13.8. The summed E-state index contributed by atoms with van der Waals surface area (Å²) in [6, 6.07) is 9.95. The fraction of sp³-hybridized carbons (Fsp3) is 0.296. The number of aliphatic hydroxyl groups is 1. The van der Waals surface area contributed by atoms with E-state index in [1.54, 1.807) is 42.5 Å². The number of carboxylic acids is 1. The van der Waals surface area contributed by atoms with Crippen LogP contribution in [0.1, 0.15) is 16.8 Å². The topological polar surface area (TPSA) is 220 Å². The number of aliphatic hydroxyl groups excluding tert-OH is 1. The highest BCUT2D eigenvalue weighted by Gasteiger charge is 2.31. The number of rotatable bonds is 14. The molecule has 212 valence electrons. The quantitative estimate of drug-likeness (QED) is 0.123. The van der Waals surface area contributed by atoms with Crippen LogP contribution in [0.4, 0.5) is 0 Å². The molecule has 0 radical (unpaired) electrons. The van der Waals surface area contributed by atoms with Crippen molar-refractivity contribution in [2.45, 2.75) is 43.4 Å². The number of phenols is 1. The number of nitrogens with two attached hydrogens (primary N) is 1. The second-order valence-electron chi connectivity index (χ2n) is 9.15. The van der Waals surface area contributed by atoms with Crippen LogP contribution >= 0.6 is 0 Å². The number of carbonyl (C=O) groups is 4. The highest BCUT2D eigenvalue weighted by atomic mass is 16.4. The van der Waals surface area contributed by atoms with Gasteiger partial charge in [0.2, 0.25) is 17.7 Å². The first-order valence-electron chi connectivity index (χ1n) is 12.5. The maximum Gasteiger partial charge on any atom is 0.328 e. The van der Waals surface area contributed by atoms with Crippen molar-refractivity contribution in [1.29, 1.82) is 0 Å². The number of hydrogen-bond acceptors (Lipinski definition) is 8. The van der Waals surface area contributed by atoms with Gasteiger partial charge in [-0.3, -0.25) is 14.4 Å². The van der Waals surface area contributed by atoms with Gasteiger partial charge in [0.1, 0.15) is 23.9 Å². The number of aromatic amines is 1. The summed E-state index contributed by atoms with van der Waals surface area (Å²) in [6.07, 6.45) is 3.05. The number of hydrogen-bond donors (Lipinski definition) is 8. The van der Waals surface area contributed by atoms with Gasteiger partial charge in [-0.15, -0.1) is 0 Å². The lowest BCUT2D eigenvalue weighted by atomic mass is 10.0. The molecule has 2 aromatic carbocycles. The first-order chi connectivity index (χ1) is 19.2. The first kappa shape index (κ1) is 29.8. The summed E-state index contributed by atoms with van der Waals surface area (Å²) in [5.74, 6) is -3.53. The zero-order valence-corrected chi connectivity index (χ0v) is 21.5. The van der Waals surface area contributed by atoms with E-state index >= 15 is 0 Å². The zero-order valence-electron chi connectivity index (χ0n) is 21.5. The van der Waals surface area contributed by atoms with Gasteiger partial charge in [0, 0.05) is 24.7 Å². The van der Waals surface area contributed by atoms with Crippen molar-refractivity contribution in [3.8, 4) is 5.75 Å². The van der Waals surface area contributed by atoms with Crippen molar-refractivity contribution in [2.75, 3.05) is 6.61 Å². The number of amides is 3. The van der Waals surface area contributed by atoms with Crippen LogP contribution < -0.4 is 21.7 Å². The molecule has 3 amide bonds. The van der Waals surface area contributed by atoms with Crippen LogP contribution in [0.5, 0.6) is 5.75 Å². The van der Waals surface area contributed by atoms with E-state index in [2.05, 4.69) is 25.9 Å². The molecule has 0 saturated carbocycles. The van der Waals surface area contributed by atoms with Crippen LogP contribution in [-0.4, -0.2) is 79.8 Å². The molecule has 3 rings (SSSR count). The molecule has 4 unspecified atom stereocenters. The van der Waals surface area contributed by atoms with Gasteiger partial charge in [-0.1, -0.05) is 42.5 Å². The summed E-state index contributed by atoms with van der Waals surface area (Å²) >= 11 is 0. The molecule has 1 heterocycles. The molecule has 0 aliphatic carbocycles. The standard InChI is InChI=1S/C27H32N6O7/c28-20(10-17-6-8-19(35)9-7-17)24(36)31-22(12-18-13-29-15-30-18)26(38)32-21(11-16-4-2-1-3-5-16)25(37)33-23(14-34)27(39)40/h1-9,13,15,20-23,34-35H,10-12,14,28H2,(H,29,30)(H,31,36)(H,32,38)(H,33,37)(H,39,40). The Hall–Kier alpha value is -4.75. The number of carboxylic acid groups (broad SMARTS) is 1. The summed E-state index contributed by atoms with van der Waals surface area (Å²) in [5, 5.41) is 35.5. The Labute approximate surface area is 229 Å². The Bertz CT molecular complexity index is 1270. The van der Waals surface area contributed by atoms with E-state index in [0.717, 1.165) is 0 Å². The fourth-order valence-electron chi connectivity index (χ4n) is 3.87. The minimum absolute atomic E-state index is 0.00241. The smallest absolute Gasteiger partial charge is 0.328 e. The van der Waals surface area contributed by atoms with E-state index in [9.17, 15) is 34.5 Å². The molecule has 13 heteroatoms. The third-order valence-corrected chi connectivity index (χ3v) is 6.05. The minimum Gasteiger partial charge on any atom is -0.508 e. The first-order valence-corrected chi connectivity index (χ1v) is 12.5. The van der Waals surface area contributed by atoms with Crippen molar-refractivity contribution >= 4 is 23.7 Å². The van der Waals surface area contributed by atoms with E-state index in [0.29, 0.717) is 16.8 Å². The number of nitrogens with zero attached hydrogens (tertiary/aromatic N) is 1. The number of nitrogens with one attached hydrogen (secondary N) is 4. The van der Waals surface area contributed by atoms with E-state index in [-0.39, 0.29) is 25.0 Å². The fourth-order valence-corrected chi connectivity index (χ4v) is 3.87. The van der Waals surface area contributed by atoms with Crippen LogP contribution in [0, 0.1) is 0 Å². The van der Waals surface area contributed by atoms with Crippen molar-refractivity contribution in [3.63, 3.8) is 0 Å². The number of phenolic OH excluding ortho intramolecular Hbond substituents is 1. The Morgan fingerprint density at radius 1 is 0.800 bits per heavy atom. The molecule has 0 aliphatic rings. The van der Waals surface area contributed by atoms with Gasteiger partial charge in [0.15, 0.2) is 0 Å². The van der Waals surface area contributed by atoms with E-state index < -0.39 is 54.5 Å². The van der Waals surface area contributed by atoms with Crippen LogP contribution in [0.25, 0.3) is 0 Å². The molecular weight excluding hydrogens is 520 g/mol. The second kappa shape index (κ2) is 14.4. The van der Waals surface area contributed by atoms with Gasteiger partial charge in [-0.2, -0.15) is 0 Å². The lowest BCUT2D eigenvalue weighted by Crippen LogP contribution is -2.58. The third-order valence-electron chi connectivity index (χ3n) is 6.05. The Kier molecular flexibility index (Phi) is 10.7. The highest BCUT2D eigenvalue weighted by molar-refractivity contribution is 5.94. The number of imidazole rings is 1. The molecule has 0 spiro atoms. The average molecular weight is 553 g/mol. The molecule has 0 aliphatic heterocycles. The van der Waals surface area contributed by atoms with Crippen LogP contribution in [0.15, 0.2) is 67.1 Å². The maximum absolute atomic E-state index is 13.4. The Morgan fingerprint density at radius 3 is 1.95 bits per heavy atom. The van der Waals surface area contributed by atoms with E-state index in [1.807, 2.05) is 0 Å². The van der Waals surface area contributed by atoms with Gasteiger partial charge >= 0.3 is 5.97 Å². The van der Waals surface area contributed by atoms with Gasteiger partial charge in [-0.25, -0.2) is 9.78 Å². The molecule has 0 saturated heterocycles. The lowest BCUT2D eigenvalue weighted by molar-refractivity contribution is -0.143. The van der Waals surface area contributed by atoms with Crippen LogP contribution in [0.2, 0.25) is 0 Å². The average Bonchev–Trinajstić information content (AvgIpc) is 3.45. The van der Waals surface area contributed by atoms with Crippen molar-refractivity contribution < 1.29 is 34.5 Å². The number of aromatic hydroxyl groups is 1. The van der Waals surface area contributed by atoms with E-state index in [1.165, 1.54) is 24.7 Å². The monoisotopic (exact) mass is 552 g/mol. The number of aliphatic carboxylic acids is 1. The number of benzene rings is 2. The molecule has 40 heavy (non-hydrogen) atoms. The summed E-state index contributed by atoms with van der Waals surface area (Å²) < 4.78 is 0. The van der Waals surface area contributed by atoms with Crippen LogP contribution in [0.3, 0.4) is 0 Å². The Morgan fingerprint density at radius 2 is 1.38 bits per heavy atom. The number of H-pyrrole nitrogens is 1. The Balaban J connectivity index is 1.78. The molecule has 1 aromatic heterocycles. The zero-order chi connectivity index (χ0) is 29.1. The molecule has 9 N–H and O–H groups in total. The van der Waals surface area contributed by atoms with Gasteiger partial charge in [-0.05, 0) is 29.7 Å². The molecule has 4 atom stereocenters. The van der Waals surface area contributed by atoms with Crippen molar-refractivity contribution in [2.24, 2.45) is 5.73 Å². The molecule has 0 bridgehead atoms. The summed E-state index contributed by atoms with van der Waals surface area (Å²) in [7, 11) is 0. The highest BCUT2D eigenvalue weighted by Crippen LogP contribution is 2.11. The number of aromatic nitrogens is 2. The van der Waals surface area contributed by atoms with E-state index in [4.69, 9.17) is 5.73 Å². The minimum atomic E-state index is -1.57. The van der Waals surface area contributed by atoms with Crippen molar-refractivity contribution in [1.82, 2.24) is 25.9 Å². The summed E-state index contributed by atoms with van der Waals surface area (Å²) in [6.45, 7) is -0.843. The lowest BCUT2D eigenvalue weighted by Gasteiger charge is -2.25. The van der Waals surface area contributed by atoms with Gasteiger partial charge in [0.05, 0.1) is 19.0 Å². The number of carbonyl (C=O) groups excluding carboxylic acids is 3. The SMILES string of the molecule is NC(Cc1ccc(O)cc1)C(=O)NC(Cc1cnc[nH]1)C(=O)NC(Cc1ccccc1)C(=O)NC(CO)C(=O)O. The molecule has 0 fully saturated rings.